The Balaban J connectivity index is 1.08. The van der Waals surface area contributed by atoms with E-state index in [0.717, 1.165) is 64.3 Å². The number of carbonyl (C=O) groups excluding carboxylic acids is 1. The Morgan fingerprint density at radius 2 is 1.73 bits per heavy atom. The van der Waals surface area contributed by atoms with Crippen molar-refractivity contribution in [2.45, 2.75) is 127 Å². The average molecular weight is 744 g/mol. The van der Waals surface area contributed by atoms with Crippen LogP contribution in [0.3, 0.4) is 0 Å². The van der Waals surface area contributed by atoms with E-state index >= 15 is 0 Å². The van der Waals surface area contributed by atoms with Crippen LogP contribution in [0.25, 0.3) is 0 Å². The summed E-state index contributed by atoms with van der Waals surface area (Å²) in [6.45, 7) is 10.4. The number of hydrogen-bond donors (Lipinski definition) is 4. The normalized spacial score (nSPS) is 24.6. The molecule has 0 radical (unpaired) electrons. The number of hydrogen-bond acceptors (Lipinski definition) is 11. The van der Waals surface area contributed by atoms with Crippen molar-refractivity contribution in [3.8, 4) is 0 Å². The number of nitrogens with zero attached hydrogens (tertiary/aromatic N) is 3. The van der Waals surface area contributed by atoms with E-state index < -0.39 is 21.8 Å². The van der Waals surface area contributed by atoms with Crippen LogP contribution in [0.15, 0.2) is 47.6 Å². The van der Waals surface area contributed by atoms with Crippen molar-refractivity contribution in [3.05, 3.63) is 53.3 Å². The predicted molar refractivity (Wildman–Crippen MR) is 199 cm³/mol. The SMILES string of the molecule is CCC(OC1(OC(CC)C2CCC2)C=CN(c2ccc(C(=O)NS(=O)(=O)c3cccc(NCCC[C@@H]4CNC(C)(C)C4)n3)c(Cl)n2)N1)C1CCC1. The Bertz CT molecular complexity index is 1640. The second-order valence-corrected chi connectivity index (χ2v) is 17.2. The number of pyridine rings is 2. The molecule has 2 aliphatic carbocycles. The van der Waals surface area contributed by atoms with Crippen LogP contribution in [0.4, 0.5) is 11.6 Å². The van der Waals surface area contributed by atoms with E-state index in [1.807, 2.05) is 6.08 Å². The molecule has 2 unspecified atom stereocenters. The van der Waals surface area contributed by atoms with Gasteiger partial charge in [-0.05, 0) is 120 Å². The number of aromatic nitrogens is 2. The third-order valence-corrected chi connectivity index (χ3v) is 12.4. The van der Waals surface area contributed by atoms with Gasteiger partial charge in [-0.3, -0.25) is 9.80 Å². The smallest absolute Gasteiger partial charge is 0.281 e. The van der Waals surface area contributed by atoms with Crippen LogP contribution in [0.5, 0.6) is 0 Å². The monoisotopic (exact) mass is 743 g/mol. The number of nitrogens with one attached hydrogen (secondary N) is 4. The van der Waals surface area contributed by atoms with Crippen LogP contribution in [0.1, 0.15) is 109 Å². The van der Waals surface area contributed by atoms with Crippen LogP contribution in [-0.4, -0.2) is 61.0 Å². The molecule has 0 bridgehead atoms. The molecule has 1 saturated heterocycles. The third kappa shape index (κ3) is 9.23. The van der Waals surface area contributed by atoms with Gasteiger partial charge < -0.3 is 20.1 Å². The molecule has 2 saturated carbocycles. The highest BCUT2D eigenvalue weighted by Crippen LogP contribution is 2.40. The minimum absolute atomic E-state index is 0.0393. The van der Waals surface area contributed by atoms with Crippen molar-refractivity contribution in [3.63, 3.8) is 0 Å². The maximum atomic E-state index is 13.2. The van der Waals surface area contributed by atoms with Gasteiger partial charge in [0.2, 0.25) is 0 Å². The summed E-state index contributed by atoms with van der Waals surface area (Å²) in [5, 5.41) is 7.99. The summed E-state index contributed by atoms with van der Waals surface area (Å²) in [6, 6.07) is 7.69. The lowest BCUT2D eigenvalue weighted by Gasteiger charge is -2.43. The van der Waals surface area contributed by atoms with Crippen LogP contribution in [0, 0.1) is 17.8 Å². The quantitative estimate of drug-likeness (QED) is 0.0799. The molecule has 6 rings (SSSR count). The number of rotatable bonds is 17. The maximum Gasteiger partial charge on any atom is 0.281 e. The molecule has 4 heterocycles. The van der Waals surface area contributed by atoms with Crippen LogP contribution < -0.4 is 25.8 Å². The standard InChI is InChI=1S/C37H54ClN7O5S/c1-5-29(26-12-7-13-26)49-37(50-30(6-2)27-14-8-15-27)20-22-45(44-37)32-19-18-28(34(38)42-32)35(46)43-51(47,48)33-17-9-16-31(41-33)39-21-10-11-25-23-36(3,4)40-24-25/h9,16-20,22,25-27,29-30,40,44H,5-8,10-15,21,23-24H2,1-4H3,(H,39,41)(H,43,46)/t25-,29?,30?,37?/m0/s1. The molecular weight excluding hydrogens is 690 g/mol. The lowest BCUT2D eigenvalue weighted by atomic mass is 9.80. The molecule has 1 amide bonds. The lowest BCUT2D eigenvalue weighted by Crippen LogP contribution is -2.56. The molecule has 4 N–H and O–H groups in total. The summed E-state index contributed by atoms with van der Waals surface area (Å²) in [5.41, 5.74) is 3.47. The number of anilines is 2. The van der Waals surface area contributed by atoms with Gasteiger partial charge in [-0.1, -0.05) is 44.4 Å². The van der Waals surface area contributed by atoms with E-state index in [9.17, 15) is 13.2 Å². The van der Waals surface area contributed by atoms with E-state index in [2.05, 4.69) is 58.4 Å². The molecule has 2 aromatic heterocycles. The van der Waals surface area contributed by atoms with Crippen LogP contribution in [-0.2, 0) is 19.5 Å². The van der Waals surface area contributed by atoms with E-state index in [1.54, 1.807) is 29.4 Å². The van der Waals surface area contributed by atoms with E-state index in [4.69, 9.17) is 21.1 Å². The van der Waals surface area contributed by atoms with Crippen molar-refractivity contribution in [1.82, 2.24) is 25.4 Å². The van der Waals surface area contributed by atoms with Crippen molar-refractivity contribution >= 4 is 39.2 Å². The molecular formula is C37H54ClN7O5S. The van der Waals surface area contributed by atoms with Gasteiger partial charge in [-0.25, -0.2) is 14.7 Å². The highest BCUT2D eigenvalue weighted by molar-refractivity contribution is 7.90. The highest BCUT2D eigenvalue weighted by atomic mass is 35.5. The molecule has 3 fully saturated rings. The van der Waals surface area contributed by atoms with E-state index in [-0.39, 0.29) is 33.5 Å². The zero-order chi connectivity index (χ0) is 36.2. The molecule has 12 nitrogen and oxygen atoms in total. The van der Waals surface area contributed by atoms with Gasteiger partial charge in [-0.2, -0.15) is 13.8 Å². The zero-order valence-corrected chi connectivity index (χ0v) is 31.9. The molecule has 51 heavy (non-hydrogen) atoms. The molecule has 14 heteroatoms. The second kappa shape index (κ2) is 16.1. The Morgan fingerprint density at radius 3 is 2.29 bits per heavy atom. The lowest BCUT2D eigenvalue weighted by molar-refractivity contribution is -0.283. The van der Waals surface area contributed by atoms with Gasteiger partial charge in [0.05, 0.1) is 17.8 Å². The number of hydrazine groups is 1. The number of ether oxygens (including phenoxy) is 2. The summed E-state index contributed by atoms with van der Waals surface area (Å²) in [6.07, 6.45) is 15.6. The first kappa shape index (κ1) is 37.9. The Kier molecular flexibility index (Phi) is 11.9. The summed E-state index contributed by atoms with van der Waals surface area (Å²) < 4.78 is 42.0. The van der Waals surface area contributed by atoms with E-state index in [1.165, 1.54) is 25.0 Å². The predicted octanol–water partition coefficient (Wildman–Crippen LogP) is 6.51. The topological polar surface area (TPSA) is 147 Å². The molecule has 2 aliphatic heterocycles. The summed E-state index contributed by atoms with van der Waals surface area (Å²) in [4.78, 5) is 21.9. The largest absolute Gasteiger partial charge is 0.370 e. The average Bonchev–Trinajstić information content (AvgIpc) is 3.62. The number of amides is 1. The second-order valence-electron chi connectivity index (χ2n) is 15.2. The molecule has 2 aromatic rings. The van der Waals surface area contributed by atoms with Gasteiger partial charge in [0.25, 0.3) is 21.8 Å². The minimum atomic E-state index is -4.29. The Labute approximate surface area is 307 Å². The van der Waals surface area contributed by atoms with Gasteiger partial charge in [0.15, 0.2) is 5.03 Å². The zero-order valence-electron chi connectivity index (χ0n) is 30.3. The van der Waals surface area contributed by atoms with Gasteiger partial charge in [0, 0.05) is 24.4 Å². The van der Waals surface area contributed by atoms with Crippen molar-refractivity contribution in [2.24, 2.45) is 17.8 Å². The minimum Gasteiger partial charge on any atom is -0.370 e. The number of carbonyl (C=O) groups is 1. The first-order valence-corrected chi connectivity index (χ1v) is 20.6. The Hall–Kier alpha value is -2.81. The summed E-state index contributed by atoms with van der Waals surface area (Å²) >= 11 is 6.52. The first-order valence-electron chi connectivity index (χ1n) is 18.7. The number of halogens is 1. The molecule has 4 aliphatic rings. The summed E-state index contributed by atoms with van der Waals surface area (Å²) in [5.74, 6) is 0.351. The fraction of sp³-hybridized carbons (Fsp3) is 0.649. The molecule has 280 valence electrons. The van der Waals surface area contributed by atoms with Gasteiger partial charge in [0.1, 0.15) is 16.8 Å². The third-order valence-electron chi connectivity index (χ3n) is 10.8. The van der Waals surface area contributed by atoms with Crippen LogP contribution >= 0.6 is 11.6 Å². The maximum absolute atomic E-state index is 13.2. The fourth-order valence-corrected chi connectivity index (χ4v) is 8.70. The molecule has 0 aromatic carbocycles. The van der Waals surface area contributed by atoms with Crippen molar-refractivity contribution < 1.29 is 22.7 Å². The first-order chi connectivity index (χ1) is 24.4. The molecule has 3 atom stereocenters. The van der Waals surface area contributed by atoms with Crippen molar-refractivity contribution in [2.75, 3.05) is 23.4 Å². The van der Waals surface area contributed by atoms with Crippen molar-refractivity contribution in [1.29, 1.82) is 0 Å². The fourth-order valence-electron chi connectivity index (χ4n) is 7.53. The summed E-state index contributed by atoms with van der Waals surface area (Å²) in [7, 11) is -4.29. The number of sulfonamides is 1. The highest BCUT2D eigenvalue weighted by Gasteiger charge is 2.44. The van der Waals surface area contributed by atoms with Crippen LogP contribution in [0.2, 0.25) is 5.15 Å². The van der Waals surface area contributed by atoms with Gasteiger partial charge >= 0.3 is 0 Å². The Morgan fingerprint density at radius 1 is 1.04 bits per heavy atom. The molecule has 0 spiro atoms. The van der Waals surface area contributed by atoms with E-state index in [0.29, 0.717) is 35.9 Å². The van der Waals surface area contributed by atoms with Gasteiger partial charge in [-0.15, -0.1) is 0 Å².